The van der Waals surface area contributed by atoms with Crippen molar-refractivity contribution in [3.05, 3.63) is 22.4 Å². The normalized spacial score (nSPS) is 19.0. The average Bonchev–Trinajstić information content (AvgIpc) is 3.02. The summed E-state index contributed by atoms with van der Waals surface area (Å²) >= 11 is 3.72. The Balaban J connectivity index is 1.61. The minimum atomic E-state index is 0.339. The Bertz CT molecular complexity index is 482. The van der Waals surface area contributed by atoms with Crippen LogP contribution in [-0.4, -0.2) is 0 Å². The van der Waals surface area contributed by atoms with Gasteiger partial charge in [-0.25, -0.2) is 0 Å². The van der Waals surface area contributed by atoms with E-state index >= 15 is 0 Å². The van der Waals surface area contributed by atoms with Crippen LogP contribution in [0.1, 0.15) is 55.9 Å². The van der Waals surface area contributed by atoms with Crippen LogP contribution in [0.5, 0.6) is 0 Å². The quantitative estimate of drug-likeness (QED) is 0.612. The van der Waals surface area contributed by atoms with Gasteiger partial charge in [-0.2, -0.15) is 0 Å². The van der Waals surface area contributed by atoms with Gasteiger partial charge in [0.2, 0.25) is 0 Å². The van der Waals surface area contributed by atoms with E-state index in [-0.39, 0.29) is 0 Å². The summed E-state index contributed by atoms with van der Waals surface area (Å²) in [5.74, 6) is 6.71. The van der Waals surface area contributed by atoms with E-state index in [0.29, 0.717) is 6.04 Å². The standard InChI is InChI=1S/C15H22N2S2/c16-17-12(7-6-11-4-2-1-3-5-11)14-10-15-13(19-14)8-9-18-15/h8-12,17H,1-7,16H2. The highest BCUT2D eigenvalue weighted by molar-refractivity contribution is 7.26. The van der Waals surface area contributed by atoms with Crippen molar-refractivity contribution < 1.29 is 0 Å². The molecule has 0 aromatic carbocycles. The van der Waals surface area contributed by atoms with Crippen molar-refractivity contribution in [2.75, 3.05) is 0 Å². The van der Waals surface area contributed by atoms with Crippen molar-refractivity contribution in [3.8, 4) is 0 Å². The van der Waals surface area contributed by atoms with Crippen LogP contribution in [0.2, 0.25) is 0 Å². The van der Waals surface area contributed by atoms with Gasteiger partial charge in [-0.3, -0.25) is 11.3 Å². The van der Waals surface area contributed by atoms with Gasteiger partial charge in [-0.15, -0.1) is 22.7 Å². The van der Waals surface area contributed by atoms with Gasteiger partial charge in [0.1, 0.15) is 0 Å². The van der Waals surface area contributed by atoms with Crippen molar-refractivity contribution in [2.24, 2.45) is 11.8 Å². The maximum absolute atomic E-state index is 5.77. The first-order valence-electron chi connectivity index (χ1n) is 7.30. The molecule has 0 amide bonds. The maximum atomic E-state index is 5.77. The van der Waals surface area contributed by atoms with Crippen LogP contribution in [0.3, 0.4) is 0 Å². The largest absolute Gasteiger partial charge is 0.271 e. The first-order chi connectivity index (χ1) is 9.36. The second kappa shape index (κ2) is 6.35. The Labute approximate surface area is 123 Å². The molecule has 2 nitrogen and oxygen atoms in total. The third-order valence-corrected chi connectivity index (χ3v) is 6.50. The van der Waals surface area contributed by atoms with E-state index in [1.54, 1.807) is 0 Å². The van der Waals surface area contributed by atoms with Crippen molar-refractivity contribution in [1.29, 1.82) is 0 Å². The van der Waals surface area contributed by atoms with Gasteiger partial charge in [0, 0.05) is 14.3 Å². The average molecular weight is 294 g/mol. The molecule has 19 heavy (non-hydrogen) atoms. The molecule has 4 heteroatoms. The monoisotopic (exact) mass is 294 g/mol. The Morgan fingerprint density at radius 3 is 2.84 bits per heavy atom. The van der Waals surface area contributed by atoms with Crippen LogP contribution in [0.15, 0.2) is 17.5 Å². The highest BCUT2D eigenvalue weighted by atomic mass is 32.1. The highest BCUT2D eigenvalue weighted by Crippen LogP contribution is 2.36. The molecule has 3 N–H and O–H groups in total. The van der Waals surface area contributed by atoms with Crippen molar-refractivity contribution in [2.45, 2.75) is 51.0 Å². The molecule has 1 fully saturated rings. The zero-order chi connectivity index (χ0) is 13.1. The molecule has 2 heterocycles. The molecule has 0 spiro atoms. The number of hydrogen-bond donors (Lipinski definition) is 2. The fourth-order valence-corrected chi connectivity index (χ4v) is 5.36. The first-order valence-corrected chi connectivity index (χ1v) is 8.99. The first kappa shape index (κ1) is 13.6. The number of nitrogens with two attached hydrogens (primary N) is 1. The van der Waals surface area contributed by atoms with Crippen LogP contribution in [0, 0.1) is 5.92 Å². The molecule has 0 bridgehead atoms. The minimum absolute atomic E-state index is 0.339. The van der Waals surface area contributed by atoms with Gasteiger partial charge < -0.3 is 0 Å². The number of nitrogens with one attached hydrogen (secondary N) is 1. The molecule has 104 valence electrons. The topological polar surface area (TPSA) is 38.0 Å². The van der Waals surface area contributed by atoms with Crippen molar-refractivity contribution in [1.82, 2.24) is 5.43 Å². The molecule has 2 aromatic heterocycles. The lowest BCUT2D eigenvalue weighted by molar-refractivity contribution is 0.316. The zero-order valence-electron chi connectivity index (χ0n) is 11.2. The van der Waals surface area contributed by atoms with E-state index < -0.39 is 0 Å². The van der Waals surface area contributed by atoms with Crippen molar-refractivity contribution in [3.63, 3.8) is 0 Å². The van der Waals surface area contributed by atoms with Gasteiger partial charge >= 0.3 is 0 Å². The number of rotatable bonds is 5. The second-order valence-electron chi connectivity index (χ2n) is 5.60. The molecular formula is C15H22N2S2. The molecule has 1 unspecified atom stereocenters. The predicted molar refractivity (Wildman–Crippen MR) is 85.6 cm³/mol. The molecule has 0 radical (unpaired) electrons. The van der Waals surface area contributed by atoms with E-state index in [1.807, 2.05) is 22.7 Å². The number of hydrazine groups is 1. The number of hydrogen-bond acceptors (Lipinski definition) is 4. The maximum Gasteiger partial charge on any atom is 0.0554 e. The summed E-state index contributed by atoms with van der Waals surface area (Å²) in [5, 5.41) is 2.16. The molecule has 2 aromatic rings. The third-order valence-electron chi connectivity index (χ3n) is 4.29. The lowest BCUT2D eigenvalue weighted by Crippen LogP contribution is -2.28. The summed E-state index contributed by atoms with van der Waals surface area (Å²) in [6.07, 6.45) is 9.65. The van der Waals surface area contributed by atoms with Crippen LogP contribution >= 0.6 is 22.7 Å². The summed E-state index contributed by atoms with van der Waals surface area (Å²) in [6, 6.07) is 4.87. The summed E-state index contributed by atoms with van der Waals surface area (Å²) in [6.45, 7) is 0. The molecule has 1 aliphatic rings. The molecular weight excluding hydrogens is 272 g/mol. The van der Waals surface area contributed by atoms with Crippen LogP contribution in [0.4, 0.5) is 0 Å². The van der Waals surface area contributed by atoms with E-state index in [4.69, 9.17) is 5.84 Å². The van der Waals surface area contributed by atoms with E-state index in [0.717, 1.165) is 5.92 Å². The van der Waals surface area contributed by atoms with E-state index in [9.17, 15) is 0 Å². The van der Waals surface area contributed by atoms with Gasteiger partial charge in [0.05, 0.1) is 6.04 Å². The summed E-state index contributed by atoms with van der Waals surface area (Å²) in [5.41, 5.74) is 3.02. The van der Waals surface area contributed by atoms with Crippen LogP contribution < -0.4 is 11.3 Å². The van der Waals surface area contributed by atoms with Gasteiger partial charge in [0.25, 0.3) is 0 Å². The summed E-state index contributed by atoms with van der Waals surface area (Å²) in [4.78, 5) is 1.40. The van der Waals surface area contributed by atoms with Gasteiger partial charge in [0.15, 0.2) is 0 Å². The Morgan fingerprint density at radius 2 is 2.11 bits per heavy atom. The SMILES string of the molecule is NNC(CCC1CCCCC1)c1cc2sccc2s1. The van der Waals surface area contributed by atoms with Crippen LogP contribution in [0.25, 0.3) is 9.40 Å². The molecule has 1 atom stereocenters. The van der Waals surface area contributed by atoms with Crippen molar-refractivity contribution >= 4 is 32.1 Å². The van der Waals surface area contributed by atoms with E-state index in [2.05, 4.69) is 22.9 Å². The zero-order valence-corrected chi connectivity index (χ0v) is 12.9. The highest BCUT2D eigenvalue weighted by Gasteiger charge is 2.18. The van der Waals surface area contributed by atoms with Gasteiger partial charge in [-0.1, -0.05) is 32.1 Å². The van der Waals surface area contributed by atoms with Crippen LogP contribution in [-0.2, 0) is 0 Å². The fraction of sp³-hybridized carbons (Fsp3) is 0.600. The summed E-state index contributed by atoms with van der Waals surface area (Å²) < 4.78 is 2.80. The molecule has 1 saturated carbocycles. The fourth-order valence-electron chi connectivity index (χ4n) is 3.14. The Kier molecular flexibility index (Phi) is 4.53. The Morgan fingerprint density at radius 1 is 1.26 bits per heavy atom. The van der Waals surface area contributed by atoms with E-state index in [1.165, 1.54) is 59.2 Å². The summed E-state index contributed by atoms with van der Waals surface area (Å²) in [7, 11) is 0. The minimum Gasteiger partial charge on any atom is -0.271 e. The molecule has 0 aliphatic heterocycles. The lowest BCUT2D eigenvalue weighted by Gasteiger charge is -2.23. The second-order valence-corrected chi connectivity index (χ2v) is 7.66. The number of thiophene rings is 2. The lowest BCUT2D eigenvalue weighted by atomic mass is 9.85. The van der Waals surface area contributed by atoms with Gasteiger partial charge in [-0.05, 0) is 36.3 Å². The molecule has 0 saturated heterocycles. The molecule has 1 aliphatic carbocycles. The smallest absolute Gasteiger partial charge is 0.0554 e. The molecule has 3 rings (SSSR count). The third kappa shape index (κ3) is 3.19. The number of fused-ring (bicyclic) bond motifs is 1. The Hall–Kier alpha value is -0.420. The predicted octanol–water partition coefficient (Wildman–Crippen LogP) is 4.83.